The molecule has 0 aliphatic rings. The SMILES string of the molecule is COc1ccc(-c2csc(NC(=O)C[C@@H](NC(=O)c3ccccc3)c3ccccc3)n2)cc1. The molecule has 4 aromatic rings. The Labute approximate surface area is 196 Å². The Bertz CT molecular complexity index is 1210. The molecular weight excluding hydrogens is 434 g/mol. The summed E-state index contributed by atoms with van der Waals surface area (Å²) in [6, 6.07) is 25.5. The highest BCUT2D eigenvalue weighted by Crippen LogP contribution is 2.27. The number of amides is 2. The standard InChI is InChI=1S/C26H23N3O3S/c1-32-21-14-12-19(13-15-21)23-17-33-26(28-23)29-24(30)16-22(18-8-4-2-5-9-18)27-25(31)20-10-6-3-7-11-20/h2-15,17,22H,16H2,1H3,(H,27,31)(H,28,29,30)/t22-/m1/s1. The number of hydrogen-bond acceptors (Lipinski definition) is 5. The van der Waals surface area contributed by atoms with E-state index in [2.05, 4.69) is 15.6 Å². The van der Waals surface area contributed by atoms with Gasteiger partial charge in [-0.25, -0.2) is 4.98 Å². The van der Waals surface area contributed by atoms with E-state index in [1.165, 1.54) is 11.3 Å². The van der Waals surface area contributed by atoms with Gasteiger partial charge in [0.2, 0.25) is 5.91 Å². The molecule has 0 aliphatic carbocycles. The summed E-state index contributed by atoms with van der Waals surface area (Å²) in [5.74, 6) is 0.313. The van der Waals surface area contributed by atoms with Crippen LogP contribution in [0.5, 0.6) is 5.75 Å². The van der Waals surface area contributed by atoms with Gasteiger partial charge >= 0.3 is 0 Å². The Morgan fingerprint density at radius 3 is 2.27 bits per heavy atom. The van der Waals surface area contributed by atoms with Crippen LogP contribution in [0.1, 0.15) is 28.4 Å². The molecule has 7 heteroatoms. The van der Waals surface area contributed by atoms with Crippen LogP contribution in [0.2, 0.25) is 0 Å². The highest BCUT2D eigenvalue weighted by Gasteiger charge is 2.20. The number of benzene rings is 3. The minimum absolute atomic E-state index is 0.0834. The summed E-state index contributed by atoms with van der Waals surface area (Å²) in [5, 5.41) is 8.24. The molecule has 2 amide bonds. The van der Waals surface area contributed by atoms with Crippen LogP contribution in [0, 0.1) is 0 Å². The van der Waals surface area contributed by atoms with Crippen LogP contribution in [-0.4, -0.2) is 23.9 Å². The fraction of sp³-hybridized carbons (Fsp3) is 0.115. The van der Waals surface area contributed by atoms with Gasteiger partial charge in [0.05, 0.1) is 25.3 Å². The lowest BCUT2D eigenvalue weighted by Crippen LogP contribution is -2.31. The summed E-state index contributed by atoms with van der Waals surface area (Å²) in [7, 11) is 1.62. The molecule has 33 heavy (non-hydrogen) atoms. The molecule has 1 atom stereocenters. The Balaban J connectivity index is 1.44. The van der Waals surface area contributed by atoms with E-state index in [1.54, 1.807) is 19.2 Å². The zero-order chi connectivity index (χ0) is 23.0. The number of thiazole rings is 1. The highest BCUT2D eigenvalue weighted by molar-refractivity contribution is 7.14. The van der Waals surface area contributed by atoms with Crippen molar-refractivity contribution in [1.82, 2.24) is 10.3 Å². The molecule has 0 saturated heterocycles. The average Bonchev–Trinajstić information content (AvgIpc) is 3.33. The van der Waals surface area contributed by atoms with E-state index < -0.39 is 6.04 Å². The van der Waals surface area contributed by atoms with Gasteiger partial charge in [0.15, 0.2) is 5.13 Å². The first kappa shape index (κ1) is 22.2. The number of ether oxygens (including phenoxy) is 1. The predicted octanol–water partition coefficient (Wildman–Crippen LogP) is 5.32. The maximum Gasteiger partial charge on any atom is 0.251 e. The number of carbonyl (C=O) groups excluding carboxylic acids is 2. The fourth-order valence-corrected chi connectivity index (χ4v) is 4.09. The molecular formula is C26H23N3O3S. The molecule has 4 rings (SSSR count). The molecule has 0 radical (unpaired) electrons. The van der Waals surface area contributed by atoms with Crippen molar-refractivity contribution in [2.75, 3.05) is 12.4 Å². The minimum Gasteiger partial charge on any atom is -0.497 e. The van der Waals surface area contributed by atoms with E-state index in [1.807, 2.05) is 78.2 Å². The van der Waals surface area contributed by atoms with Crippen LogP contribution in [0.25, 0.3) is 11.3 Å². The molecule has 3 aromatic carbocycles. The Morgan fingerprint density at radius 2 is 1.61 bits per heavy atom. The molecule has 166 valence electrons. The first-order chi connectivity index (χ1) is 16.1. The van der Waals surface area contributed by atoms with E-state index >= 15 is 0 Å². The lowest BCUT2D eigenvalue weighted by Gasteiger charge is -2.19. The van der Waals surface area contributed by atoms with E-state index in [9.17, 15) is 9.59 Å². The molecule has 1 aromatic heterocycles. The Morgan fingerprint density at radius 1 is 0.939 bits per heavy atom. The molecule has 0 bridgehead atoms. The lowest BCUT2D eigenvalue weighted by atomic mass is 10.0. The zero-order valence-corrected chi connectivity index (χ0v) is 18.8. The van der Waals surface area contributed by atoms with Crippen LogP contribution in [0.3, 0.4) is 0 Å². The fourth-order valence-electron chi connectivity index (χ4n) is 3.35. The molecule has 0 aliphatic heterocycles. The molecule has 2 N–H and O–H groups in total. The Kier molecular flexibility index (Phi) is 7.12. The normalized spacial score (nSPS) is 11.4. The van der Waals surface area contributed by atoms with Crippen LogP contribution < -0.4 is 15.4 Å². The minimum atomic E-state index is -0.472. The van der Waals surface area contributed by atoms with E-state index in [0.29, 0.717) is 10.7 Å². The third kappa shape index (κ3) is 5.84. The number of aromatic nitrogens is 1. The van der Waals surface area contributed by atoms with Gasteiger partial charge in [0.1, 0.15) is 5.75 Å². The van der Waals surface area contributed by atoms with Crippen molar-refractivity contribution in [1.29, 1.82) is 0 Å². The number of carbonyl (C=O) groups is 2. The summed E-state index contributed by atoms with van der Waals surface area (Å²) in [6.07, 6.45) is 0.0834. The second-order valence-corrected chi connectivity index (χ2v) is 8.18. The van der Waals surface area contributed by atoms with Crippen molar-refractivity contribution in [3.8, 4) is 17.0 Å². The van der Waals surface area contributed by atoms with Crippen molar-refractivity contribution < 1.29 is 14.3 Å². The van der Waals surface area contributed by atoms with Gasteiger partial charge in [-0.05, 0) is 42.0 Å². The summed E-state index contributed by atoms with van der Waals surface area (Å²) >= 11 is 1.35. The molecule has 0 fully saturated rings. The van der Waals surface area contributed by atoms with Gasteiger partial charge in [-0.3, -0.25) is 9.59 Å². The quantitative estimate of drug-likeness (QED) is 0.375. The number of hydrogen-bond donors (Lipinski definition) is 2. The van der Waals surface area contributed by atoms with Crippen LogP contribution in [0.15, 0.2) is 90.3 Å². The first-order valence-corrected chi connectivity index (χ1v) is 11.3. The van der Waals surface area contributed by atoms with Crippen molar-refractivity contribution in [3.63, 3.8) is 0 Å². The van der Waals surface area contributed by atoms with Crippen molar-refractivity contribution in [3.05, 3.63) is 101 Å². The largest absolute Gasteiger partial charge is 0.497 e. The van der Waals surface area contributed by atoms with E-state index in [4.69, 9.17) is 4.74 Å². The number of methoxy groups -OCH3 is 1. The van der Waals surface area contributed by atoms with E-state index in [-0.39, 0.29) is 18.2 Å². The van der Waals surface area contributed by atoms with Gasteiger partial charge in [-0.1, -0.05) is 48.5 Å². The smallest absolute Gasteiger partial charge is 0.251 e. The van der Waals surface area contributed by atoms with Crippen molar-refractivity contribution in [2.45, 2.75) is 12.5 Å². The summed E-state index contributed by atoms with van der Waals surface area (Å²) in [6.45, 7) is 0. The summed E-state index contributed by atoms with van der Waals surface area (Å²) in [5.41, 5.74) is 3.11. The third-order valence-corrected chi connectivity index (χ3v) is 5.83. The van der Waals surface area contributed by atoms with Crippen LogP contribution in [0.4, 0.5) is 5.13 Å². The van der Waals surface area contributed by atoms with Crippen molar-refractivity contribution >= 4 is 28.3 Å². The third-order valence-electron chi connectivity index (χ3n) is 5.07. The highest BCUT2D eigenvalue weighted by atomic mass is 32.1. The molecule has 1 heterocycles. The maximum absolute atomic E-state index is 12.8. The zero-order valence-electron chi connectivity index (χ0n) is 18.0. The second-order valence-electron chi connectivity index (χ2n) is 7.32. The van der Waals surface area contributed by atoms with Gasteiger partial charge in [0.25, 0.3) is 5.91 Å². The topological polar surface area (TPSA) is 80.3 Å². The lowest BCUT2D eigenvalue weighted by molar-refractivity contribution is -0.116. The van der Waals surface area contributed by atoms with Crippen molar-refractivity contribution in [2.24, 2.45) is 0 Å². The summed E-state index contributed by atoms with van der Waals surface area (Å²) in [4.78, 5) is 30.1. The van der Waals surface area contributed by atoms with E-state index in [0.717, 1.165) is 22.6 Å². The monoisotopic (exact) mass is 457 g/mol. The van der Waals surface area contributed by atoms with Crippen LogP contribution >= 0.6 is 11.3 Å². The van der Waals surface area contributed by atoms with Gasteiger partial charge in [0, 0.05) is 16.5 Å². The summed E-state index contributed by atoms with van der Waals surface area (Å²) < 4.78 is 5.19. The Hall–Kier alpha value is -3.97. The first-order valence-electron chi connectivity index (χ1n) is 10.4. The molecule has 0 spiro atoms. The number of anilines is 1. The van der Waals surface area contributed by atoms with Gasteiger partial charge in [-0.2, -0.15) is 0 Å². The number of nitrogens with one attached hydrogen (secondary N) is 2. The second kappa shape index (κ2) is 10.6. The predicted molar refractivity (Wildman–Crippen MR) is 130 cm³/mol. The van der Waals surface area contributed by atoms with Crippen LogP contribution in [-0.2, 0) is 4.79 Å². The average molecular weight is 458 g/mol. The molecule has 6 nitrogen and oxygen atoms in total. The molecule has 0 unspecified atom stereocenters. The number of rotatable bonds is 8. The van der Waals surface area contributed by atoms with Gasteiger partial charge in [-0.15, -0.1) is 11.3 Å². The molecule has 0 saturated carbocycles. The van der Waals surface area contributed by atoms with Gasteiger partial charge < -0.3 is 15.4 Å². The number of nitrogens with zero attached hydrogens (tertiary/aromatic N) is 1. The maximum atomic E-state index is 12.8.